The van der Waals surface area contributed by atoms with Crippen LogP contribution in [-0.2, 0) is 17.8 Å². The number of halogens is 1. The molecule has 0 fully saturated rings. The van der Waals surface area contributed by atoms with Gasteiger partial charge in [0.2, 0.25) is 0 Å². The highest BCUT2D eigenvalue weighted by atomic mass is 19.1. The van der Waals surface area contributed by atoms with Gasteiger partial charge >= 0.3 is 0 Å². The Morgan fingerprint density at radius 1 is 1.03 bits per heavy atom. The number of fused-ring (bicyclic) bond motifs is 2. The van der Waals surface area contributed by atoms with Gasteiger partial charge in [0.15, 0.2) is 0 Å². The number of para-hydroxylation sites is 2. The molecule has 2 N–H and O–H groups in total. The molecular weight excluding hydrogens is 439 g/mol. The second-order valence-corrected chi connectivity index (χ2v) is 8.39. The number of carbonyl (C=O) groups is 1. The molecule has 35 heavy (non-hydrogen) atoms. The lowest BCUT2D eigenvalue weighted by Crippen LogP contribution is -2.26. The first-order valence-electron chi connectivity index (χ1n) is 11.4. The van der Waals surface area contributed by atoms with Crippen molar-refractivity contribution in [2.45, 2.75) is 13.0 Å². The molecule has 6 heteroatoms. The Kier molecular flexibility index (Phi) is 6.15. The Bertz CT molecular complexity index is 1580. The van der Waals surface area contributed by atoms with Crippen LogP contribution in [0.2, 0.25) is 0 Å². The first-order chi connectivity index (χ1) is 17.1. The minimum absolute atomic E-state index is 0.0496. The standard InChI is InChI=1S/C29H23FN4O/c30-24-11-9-20(10-12-24)18-34-19-23(26-6-2-4-8-28(26)34)15-22(16-31)29(35)32-14-13-21-17-33-27-7-3-1-5-25(21)27/h1-12,15,17,19,33H,13-14,18H2,(H,32,35)/b22-15-. The van der Waals surface area contributed by atoms with E-state index in [0.717, 1.165) is 38.5 Å². The van der Waals surface area contributed by atoms with E-state index in [1.54, 1.807) is 18.2 Å². The number of benzene rings is 3. The lowest BCUT2D eigenvalue weighted by atomic mass is 10.1. The van der Waals surface area contributed by atoms with Crippen molar-refractivity contribution in [2.75, 3.05) is 6.54 Å². The minimum atomic E-state index is -0.400. The number of carbonyl (C=O) groups excluding carboxylic acids is 1. The van der Waals surface area contributed by atoms with Crippen LogP contribution in [-0.4, -0.2) is 22.0 Å². The molecule has 1 amide bonds. The van der Waals surface area contributed by atoms with Crippen LogP contribution in [0, 0.1) is 17.1 Å². The summed E-state index contributed by atoms with van der Waals surface area (Å²) < 4.78 is 15.3. The van der Waals surface area contributed by atoms with Gasteiger partial charge < -0.3 is 14.9 Å². The zero-order chi connectivity index (χ0) is 24.2. The Labute approximate surface area is 202 Å². The first-order valence-corrected chi connectivity index (χ1v) is 11.4. The third-order valence-electron chi connectivity index (χ3n) is 6.11. The molecule has 5 rings (SSSR count). The molecule has 2 heterocycles. The molecule has 0 bridgehead atoms. The number of amides is 1. The van der Waals surface area contributed by atoms with E-state index < -0.39 is 5.91 Å². The van der Waals surface area contributed by atoms with Crippen molar-refractivity contribution < 1.29 is 9.18 Å². The van der Waals surface area contributed by atoms with Gasteiger partial charge in [0, 0.05) is 52.9 Å². The third-order valence-corrected chi connectivity index (χ3v) is 6.11. The van der Waals surface area contributed by atoms with Crippen LogP contribution in [0.4, 0.5) is 4.39 Å². The maximum Gasteiger partial charge on any atom is 0.261 e. The summed E-state index contributed by atoms with van der Waals surface area (Å²) in [5, 5.41) is 14.6. The highest BCUT2D eigenvalue weighted by Gasteiger charge is 2.13. The molecule has 0 aliphatic rings. The minimum Gasteiger partial charge on any atom is -0.361 e. The van der Waals surface area contributed by atoms with Gasteiger partial charge in [0.25, 0.3) is 5.91 Å². The Morgan fingerprint density at radius 2 is 1.77 bits per heavy atom. The van der Waals surface area contributed by atoms with Crippen LogP contribution in [0.25, 0.3) is 27.9 Å². The van der Waals surface area contributed by atoms with Crippen molar-refractivity contribution in [3.8, 4) is 6.07 Å². The van der Waals surface area contributed by atoms with Crippen molar-refractivity contribution in [2.24, 2.45) is 0 Å². The quantitative estimate of drug-likeness (QED) is 0.245. The summed E-state index contributed by atoms with van der Waals surface area (Å²) in [7, 11) is 0. The average Bonchev–Trinajstić information content (AvgIpc) is 3.45. The van der Waals surface area contributed by atoms with Crippen molar-refractivity contribution >= 4 is 33.8 Å². The van der Waals surface area contributed by atoms with E-state index in [1.165, 1.54) is 12.1 Å². The second-order valence-electron chi connectivity index (χ2n) is 8.39. The normalized spacial score (nSPS) is 11.6. The summed E-state index contributed by atoms with van der Waals surface area (Å²) in [6, 6.07) is 24.3. The van der Waals surface area contributed by atoms with Gasteiger partial charge in [-0.3, -0.25) is 4.79 Å². The zero-order valence-corrected chi connectivity index (χ0v) is 19.0. The van der Waals surface area contributed by atoms with Crippen LogP contribution >= 0.6 is 0 Å². The van der Waals surface area contributed by atoms with E-state index in [0.29, 0.717) is 19.5 Å². The number of aromatic amines is 1. The number of nitriles is 1. The highest BCUT2D eigenvalue weighted by Crippen LogP contribution is 2.25. The zero-order valence-electron chi connectivity index (χ0n) is 19.0. The molecule has 0 unspecified atom stereocenters. The maximum absolute atomic E-state index is 13.3. The summed E-state index contributed by atoms with van der Waals surface area (Å²) in [5.41, 5.74) is 4.94. The number of nitrogens with zero attached hydrogens (tertiary/aromatic N) is 2. The van der Waals surface area contributed by atoms with E-state index in [4.69, 9.17) is 0 Å². The molecule has 2 aromatic heterocycles. The smallest absolute Gasteiger partial charge is 0.261 e. The third kappa shape index (κ3) is 4.71. The van der Waals surface area contributed by atoms with Gasteiger partial charge in [-0.15, -0.1) is 0 Å². The van der Waals surface area contributed by atoms with Gasteiger partial charge in [-0.2, -0.15) is 5.26 Å². The molecule has 0 atom stereocenters. The van der Waals surface area contributed by atoms with Gasteiger partial charge in [-0.25, -0.2) is 4.39 Å². The van der Waals surface area contributed by atoms with Crippen LogP contribution in [0.5, 0.6) is 0 Å². The van der Waals surface area contributed by atoms with Gasteiger partial charge in [-0.05, 0) is 47.9 Å². The molecular formula is C29H23FN4O. The maximum atomic E-state index is 13.3. The molecule has 0 spiro atoms. The van der Waals surface area contributed by atoms with Crippen LogP contribution in [0.15, 0.2) is 90.8 Å². The highest BCUT2D eigenvalue weighted by molar-refractivity contribution is 6.04. The number of H-pyrrole nitrogens is 1. The molecule has 0 aliphatic carbocycles. The number of nitrogens with one attached hydrogen (secondary N) is 2. The van der Waals surface area contributed by atoms with E-state index in [9.17, 15) is 14.4 Å². The lowest BCUT2D eigenvalue weighted by molar-refractivity contribution is -0.117. The van der Waals surface area contributed by atoms with Crippen LogP contribution in [0.1, 0.15) is 16.7 Å². The lowest BCUT2D eigenvalue weighted by Gasteiger charge is -2.05. The number of hydrogen-bond donors (Lipinski definition) is 2. The SMILES string of the molecule is N#C/C(=C/c1cn(Cc2ccc(F)cc2)c2ccccc12)C(=O)NCCc1c[nH]c2ccccc12. The molecule has 0 saturated heterocycles. The van der Waals surface area contributed by atoms with Gasteiger partial charge in [-0.1, -0.05) is 48.5 Å². The number of hydrogen-bond acceptors (Lipinski definition) is 2. The summed E-state index contributed by atoms with van der Waals surface area (Å²) in [4.78, 5) is 16.0. The van der Waals surface area contributed by atoms with Crippen LogP contribution < -0.4 is 5.32 Å². The second kappa shape index (κ2) is 9.70. The van der Waals surface area contributed by atoms with Crippen molar-refractivity contribution in [1.82, 2.24) is 14.9 Å². The summed E-state index contributed by atoms with van der Waals surface area (Å²) >= 11 is 0. The van der Waals surface area contributed by atoms with Gasteiger partial charge in [0.05, 0.1) is 0 Å². The van der Waals surface area contributed by atoms with E-state index in [-0.39, 0.29) is 11.4 Å². The largest absolute Gasteiger partial charge is 0.361 e. The Morgan fingerprint density at radius 3 is 2.57 bits per heavy atom. The summed E-state index contributed by atoms with van der Waals surface area (Å²) in [6.45, 7) is 0.972. The fraction of sp³-hybridized carbons (Fsp3) is 0.103. The van der Waals surface area contributed by atoms with E-state index in [2.05, 4.69) is 10.3 Å². The molecule has 0 saturated carbocycles. The van der Waals surface area contributed by atoms with E-state index >= 15 is 0 Å². The number of rotatable bonds is 7. The number of aromatic nitrogens is 2. The van der Waals surface area contributed by atoms with Crippen molar-refractivity contribution in [3.05, 3.63) is 113 Å². The van der Waals surface area contributed by atoms with Crippen molar-refractivity contribution in [1.29, 1.82) is 5.26 Å². The fourth-order valence-electron chi connectivity index (χ4n) is 4.36. The molecule has 0 radical (unpaired) electrons. The topological polar surface area (TPSA) is 73.6 Å². The Hall–Kier alpha value is -4.63. The summed E-state index contributed by atoms with van der Waals surface area (Å²) in [6.07, 6.45) is 6.16. The predicted octanol–water partition coefficient (Wildman–Crippen LogP) is 5.58. The molecule has 5 aromatic rings. The molecule has 5 nitrogen and oxygen atoms in total. The van der Waals surface area contributed by atoms with E-state index in [1.807, 2.05) is 71.6 Å². The molecule has 3 aromatic carbocycles. The monoisotopic (exact) mass is 462 g/mol. The Balaban J connectivity index is 1.34. The first kappa shape index (κ1) is 22.2. The van der Waals surface area contributed by atoms with Gasteiger partial charge in [0.1, 0.15) is 17.5 Å². The fourth-order valence-corrected chi connectivity index (χ4v) is 4.36. The average molecular weight is 463 g/mol. The van der Waals surface area contributed by atoms with Crippen LogP contribution in [0.3, 0.4) is 0 Å². The molecule has 172 valence electrons. The summed E-state index contributed by atoms with van der Waals surface area (Å²) in [5.74, 6) is -0.674. The predicted molar refractivity (Wildman–Crippen MR) is 136 cm³/mol. The van der Waals surface area contributed by atoms with Crippen molar-refractivity contribution in [3.63, 3.8) is 0 Å². The molecule has 0 aliphatic heterocycles.